The van der Waals surface area contributed by atoms with Crippen molar-refractivity contribution in [1.82, 2.24) is 4.90 Å². The molecule has 6 aliphatic carbocycles. The third kappa shape index (κ3) is 14.6. The van der Waals surface area contributed by atoms with Crippen LogP contribution in [0.4, 0.5) is 30.7 Å². The lowest BCUT2D eigenvalue weighted by Crippen LogP contribution is -2.51. The number of fused-ring (bicyclic) bond motifs is 10. The Morgan fingerprint density at radius 3 is 1.58 bits per heavy atom. The van der Waals surface area contributed by atoms with Crippen molar-refractivity contribution in [3.63, 3.8) is 0 Å². The summed E-state index contributed by atoms with van der Waals surface area (Å²) in [5.41, 5.74) is 4.25. The first-order valence-electron chi connectivity index (χ1n) is 31.0. The van der Waals surface area contributed by atoms with Crippen molar-refractivity contribution < 1.29 is 60.5 Å². The highest BCUT2D eigenvalue weighted by Gasteiger charge is 2.62. The standard InChI is InChI=1S/C34H46FNO3.C32H46F6O3S/c1-3-4-9-18-36(33(39)23-11-6-5-7-12-23)19-10-8-13-24-20-25-21-26(37)14-15-27(25)32-29(35)22-34(2)28(31(24)32)16-17-30(34)38;1-30-20-26(33)29-24-12-11-23(39)19-22(24)18-21(28(29)25(30)13-14-27(30)40)10-7-5-3-2-4-6-8-16-42(41)17-9-15-31(34,35)32(36,37)38/h5-7,11-12,14-15,21,24,28-32,37-38H,3-4,8-10,13,16-20,22H2,1-2H3;11-12,19,21,25-29,39-40H,2-10,13-18,20H2,1H3/t24-,28+,29+,30?,31+,32+,34+;21-,25+,26+,27+,28+,29+,30+,42?/m11/s1. The molecule has 2 unspecified atom stereocenters. The maximum atomic E-state index is 16.0. The van der Waals surface area contributed by atoms with Crippen molar-refractivity contribution in [3.8, 4) is 11.5 Å². The minimum atomic E-state index is -5.56. The number of benzene rings is 3. The fourth-order valence-electron chi connectivity index (χ4n) is 16.7. The number of phenolic OH excluding ortho intramolecular Hbond substituents is 2. The first-order valence-corrected chi connectivity index (χ1v) is 32.5. The van der Waals surface area contributed by atoms with Gasteiger partial charge in [0.05, 0.1) is 12.2 Å². The lowest BCUT2D eigenvalue weighted by molar-refractivity contribution is -0.284. The number of nitrogens with zero attached hydrogens (tertiary/aromatic N) is 1. The van der Waals surface area contributed by atoms with Crippen LogP contribution in [0.3, 0.4) is 0 Å². The molecule has 0 bridgehead atoms. The van der Waals surface area contributed by atoms with Crippen molar-refractivity contribution >= 4 is 17.1 Å². The number of halogens is 7. The molecule has 0 spiro atoms. The van der Waals surface area contributed by atoms with Gasteiger partial charge in [0, 0.05) is 36.9 Å². The number of hydrogen-bond donors (Lipinski definition) is 4. The molecule has 4 fully saturated rings. The summed E-state index contributed by atoms with van der Waals surface area (Å²) in [6.45, 7) is 7.89. The fourth-order valence-corrected chi connectivity index (χ4v) is 17.9. The van der Waals surface area contributed by atoms with Crippen LogP contribution in [-0.2, 0) is 24.0 Å². The number of phenols is 2. The van der Waals surface area contributed by atoms with Crippen LogP contribution in [0.15, 0.2) is 66.7 Å². The highest BCUT2D eigenvalue weighted by Crippen LogP contribution is 2.65. The second-order valence-corrected chi connectivity index (χ2v) is 27.7. The van der Waals surface area contributed by atoms with Gasteiger partial charge in [-0.2, -0.15) is 22.0 Å². The van der Waals surface area contributed by atoms with Gasteiger partial charge in [-0.3, -0.25) is 4.79 Å². The lowest BCUT2D eigenvalue weighted by atomic mass is 9.51. The molecule has 1 amide bonds. The van der Waals surface area contributed by atoms with Crippen LogP contribution < -0.4 is 0 Å². The van der Waals surface area contributed by atoms with Crippen LogP contribution in [0.2, 0.25) is 0 Å². The van der Waals surface area contributed by atoms with E-state index in [4.69, 9.17) is 0 Å². The van der Waals surface area contributed by atoms with E-state index in [0.717, 1.165) is 163 Å². The maximum absolute atomic E-state index is 16.0. The van der Waals surface area contributed by atoms with Gasteiger partial charge in [0.2, 0.25) is 0 Å². The van der Waals surface area contributed by atoms with E-state index in [9.17, 15) is 51.7 Å². The largest absolute Gasteiger partial charge is 0.616 e. The molecule has 4 N–H and O–H groups in total. The highest BCUT2D eigenvalue weighted by atomic mass is 32.2. The molecule has 0 aromatic heterocycles. The summed E-state index contributed by atoms with van der Waals surface area (Å²) in [5, 5.41) is 42.0. The van der Waals surface area contributed by atoms with Crippen LogP contribution in [0.25, 0.3) is 0 Å². The Kier molecular flexibility index (Phi) is 21.7. The number of amides is 1. The summed E-state index contributed by atoms with van der Waals surface area (Å²) >= 11 is -1.38. The summed E-state index contributed by atoms with van der Waals surface area (Å²) in [5.74, 6) is -2.68. The lowest BCUT2D eigenvalue weighted by Gasteiger charge is -2.54. The predicted octanol–water partition coefficient (Wildman–Crippen LogP) is 15.9. The van der Waals surface area contributed by atoms with Crippen molar-refractivity contribution in [1.29, 1.82) is 0 Å². The van der Waals surface area contributed by atoms with Crippen LogP contribution in [0.1, 0.15) is 206 Å². The molecule has 0 radical (unpaired) electrons. The van der Waals surface area contributed by atoms with Crippen molar-refractivity contribution in [2.75, 3.05) is 24.6 Å². The maximum Gasteiger partial charge on any atom is 0.453 e. The third-order valence-corrected chi connectivity index (χ3v) is 22.4. The van der Waals surface area contributed by atoms with Gasteiger partial charge in [-0.15, -0.1) is 0 Å². The molecule has 15 atom stereocenters. The number of rotatable bonds is 24. The van der Waals surface area contributed by atoms with E-state index in [1.165, 1.54) is 0 Å². The Balaban J connectivity index is 0.000000213. The Morgan fingerprint density at radius 1 is 0.630 bits per heavy atom. The Morgan fingerprint density at radius 2 is 1.09 bits per heavy atom. The summed E-state index contributed by atoms with van der Waals surface area (Å²) in [7, 11) is 0. The Labute approximate surface area is 480 Å². The molecule has 4 saturated carbocycles. The average molecular weight is 1160 g/mol. The SMILES string of the molecule is CCCCCN(CCCC[C@@H]1Cc2cc(O)ccc2[C@@H]2[C@@H]1[C@@H]1CCC(O)[C@@]1(C)C[C@@H]2F)C(=O)c1ccccc1.C[C@]12C[C@H](F)[C@@H]3c4ccc(O)cc4C[C@@H](CCCCCCCCC[S+]([O-])CCCC(F)(F)C(F)(F)F)[C@H]3[C@@H]1CC[C@@H]2O. The van der Waals surface area contributed by atoms with Gasteiger partial charge >= 0.3 is 12.1 Å². The second-order valence-electron chi connectivity index (χ2n) is 26.0. The van der Waals surface area contributed by atoms with E-state index in [1.807, 2.05) is 53.4 Å². The van der Waals surface area contributed by atoms with Crippen molar-refractivity contribution in [2.45, 2.75) is 223 Å². The summed E-state index contributed by atoms with van der Waals surface area (Å²) in [4.78, 5) is 15.3. The van der Waals surface area contributed by atoms with Gasteiger partial charge in [-0.25, -0.2) is 8.78 Å². The molecular weight excluding hydrogens is 1070 g/mol. The van der Waals surface area contributed by atoms with E-state index >= 15 is 8.78 Å². The Hall–Kier alpha value is -3.53. The molecule has 81 heavy (non-hydrogen) atoms. The van der Waals surface area contributed by atoms with Crippen molar-refractivity contribution in [3.05, 3.63) is 94.5 Å². The number of aliphatic hydroxyl groups is 2. The number of unbranched alkanes of at least 4 members (excludes halogenated alkanes) is 9. The van der Waals surface area contributed by atoms with Gasteiger partial charge in [0.25, 0.3) is 5.91 Å². The number of carbonyl (C=O) groups is 1. The molecular formula is C66H92F7NO6S. The van der Waals surface area contributed by atoms with Crippen LogP contribution in [0.5, 0.6) is 11.5 Å². The zero-order chi connectivity index (χ0) is 58.3. The van der Waals surface area contributed by atoms with E-state index in [-0.39, 0.29) is 57.7 Å². The highest BCUT2D eigenvalue weighted by molar-refractivity contribution is 7.91. The number of hydrogen-bond acceptors (Lipinski definition) is 6. The quantitative estimate of drug-likeness (QED) is 0.0402. The number of alkyl halides is 7. The summed E-state index contributed by atoms with van der Waals surface area (Å²) < 4.78 is 106. The number of aromatic hydroxyl groups is 2. The second kappa shape index (κ2) is 27.7. The van der Waals surface area contributed by atoms with Gasteiger partial charge in [-0.1, -0.05) is 114 Å². The zero-order valence-corrected chi connectivity index (χ0v) is 49.0. The summed E-state index contributed by atoms with van der Waals surface area (Å²) in [6.07, 6.45) is 9.41. The van der Waals surface area contributed by atoms with E-state index in [0.29, 0.717) is 48.7 Å². The minimum absolute atomic E-state index is 0.108. The predicted molar refractivity (Wildman–Crippen MR) is 307 cm³/mol. The Bertz CT molecular complexity index is 2490. The molecule has 7 nitrogen and oxygen atoms in total. The van der Waals surface area contributed by atoms with Gasteiger partial charge in [0.1, 0.15) is 35.3 Å². The van der Waals surface area contributed by atoms with Crippen molar-refractivity contribution in [2.24, 2.45) is 46.3 Å². The third-order valence-electron chi connectivity index (χ3n) is 20.9. The van der Waals surface area contributed by atoms with E-state index < -0.39 is 60.7 Å². The number of carbonyl (C=O) groups excluding carboxylic acids is 1. The first-order chi connectivity index (χ1) is 38.6. The topological polar surface area (TPSA) is 124 Å². The molecule has 9 rings (SSSR count). The number of aliphatic hydroxyl groups excluding tert-OH is 2. The molecule has 3 aromatic carbocycles. The van der Waals surface area contributed by atoms with Gasteiger partial charge < -0.3 is 29.9 Å². The molecule has 15 heteroatoms. The molecule has 0 heterocycles. The van der Waals surface area contributed by atoms with E-state index in [1.54, 1.807) is 18.2 Å². The molecule has 0 saturated heterocycles. The van der Waals surface area contributed by atoms with Crippen LogP contribution >= 0.6 is 0 Å². The smallest absolute Gasteiger partial charge is 0.453 e. The first kappa shape index (κ1) is 63.5. The van der Waals surface area contributed by atoms with Gasteiger partial charge in [-0.05, 0) is 201 Å². The van der Waals surface area contributed by atoms with Gasteiger partial charge in [0.15, 0.2) is 0 Å². The fraction of sp³-hybridized carbons (Fsp3) is 0.712. The molecule has 3 aromatic rings. The minimum Gasteiger partial charge on any atom is -0.616 e. The average Bonchev–Trinajstić information content (AvgIpc) is 2.71. The zero-order valence-electron chi connectivity index (χ0n) is 48.2. The summed E-state index contributed by atoms with van der Waals surface area (Å²) in [6, 6.07) is 20.4. The normalized spacial score (nSPS) is 31.6. The monoisotopic (exact) mass is 1160 g/mol. The molecule has 6 aliphatic rings. The molecule has 0 aliphatic heterocycles. The van der Waals surface area contributed by atoms with E-state index in [2.05, 4.69) is 20.8 Å². The molecule has 452 valence electrons. The van der Waals surface area contributed by atoms with Crippen LogP contribution in [-0.4, -0.2) is 97.0 Å². The van der Waals surface area contributed by atoms with Crippen LogP contribution in [0, 0.1) is 46.3 Å².